The summed E-state index contributed by atoms with van der Waals surface area (Å²) in [4.78, 5) is 0. The standard InChI is InChI=1S/C33H23F9O3/c1-17-2-11-29(43-16-17)19-5-3-18(4-6-19)20-7-9-23(25(34)12-20)21-8-10-24(26(35)13-21)33(41,42)45-22-14-27(36)30(28(37)15-22)44-32(40)31(38)39/h3-10,12-15,17,29H,2,11,16H2,1H3. The van der Waals surface area contributed by atoms with Crippen molar-refractivity contribution >= 4 is 0 Å². The Hall–Kier alpha value is -4.45. The van der Waals surface area contributed by atoms with E-state index in [2.05, 4.69) is 16.4 Å². The maximum absolute atomic E-state index is 15.1. The minimum absolute atomic E-state index is 0.00322. The predicted octanol–water partition coefficient (Wildman–Crippen LogP) is 10.6. The summed E-state index contributed by atoms with van der Waals surface area (Å²) in [7, 11) is 0. The van der Waals surface area contributed by atoms with E-state index in [1.54, 1.807) is 6.07 Å². The van der Waals surface area contributed by atoms with Crippen LogP contribution in [0, 0.1) is 29.2 Å². The van der Waals surface area contributed by atoms with Gasteiger partial charge in [0.25, 0.3) is 0 Å². The van der Waals surface area contributed by atoms with Gasteiger partial charge < -0.3 is 14.2 Å². The molecule has 1 saturated heterocycles. The molecule has 0 radical (unpaired) electrons. The van der Waals surface area contributed by atoms with Crippen LogP contribution < -0.4 is 9.47 Å². The summed E-state index contributed by atoms with van der Waals surface area (Å²) in [6.45, 7) is 2.81. The SMILES string of the molecule is CC1CCC(c2ccc(-c3ccc(-c4ccc(C(F)(F)Oc5cc(F)c(OC(F)=C(F)F)c(F)c5)c(F)c4)c(F)c3)cc2)OC1. The number of halogens is 9. The highest BCUT2D eigenvalue weighted by molar-refractivity contribution is 5.71. The number of alkyl halides is 2. The Labute approximate surface area is 251 Å². The quantitative estimate of drug-likeness (QED) is 0.142. The lowest BCUT2D eigenvalue weighted by molar-refractivity contribution is -0.187. The fraction of sp³-hybridized carbons (Fsp3) is 0.212. The fourth-order valence-corrected chi connectivity index (χ4v) is 4.91. The second kappa shape index (κ2) is 12.9. The van der Waals surface area contributed by atoms with Crippen LogP contribution in [0.25, 0.3) is 22.3 Å². The van der Waals surface area contributed by atoms with Gasteiger partial charge in [0.2, 0.25) is 5.75 Å². The second-order valence-electron chi connectivity index (χ2n) is 10.5. The first kappa shape index (κ1) is 32.0. The van der Waals surface area contributed by atoms with E-state index in [-0.39, 0.29) is 29.4 Å². The predicted molar refractivity (Wildman–Crippen MR) is 146 cm³/mol. The molecular formula is C33H23F9O3. The fourth-order valence-electron chi connectivity index (χ4n) is 4.91. The molecule has 1 fully saturated rings. The molecule has 4 aromatic carbocycles. The zero-order valence-corrected chi connectivity index (χ0v) is 23.3. The second-order valence-corrected chi connectivity index (χ2v) is 10.5. The van der Waals surface area contributed by atoms with Crippen LogP contribution in [-0.4, -0.2) is 6.61 Å². The third-order valence-electron chi connectivity index (χ3n) is 7.24. The smallest absolute Gasteiger partial charge is 0.429 e. The molecule has 0 aromatic heterocycles. The lowest BCUT2D eigenvalue weighted by Crippen LogP contribution is -2.23. The van der Waals surface area contributed by atoms with E-state index in [9.17, 15) is 35.1 Å². The number of hydrogen-bond acceptors (Lipinski definition) is 3. The first-order valence-electron chi connectivity index (χ1n) is 13.6. The first-order valence-corrected chi connectivity index (χ1v) is 13.6. The van der Waals surface area contributed by atoms with Gasteiger partial charge in [0.1, 0.15) is 17.4 Å². The van der Waals surface area contributed by atoms with Gasteiger partial charge in [-0.2, -0.15) is 22.0 Å². The summed E-state index contributed by atoms with van der Waals surface area (Å²) in [5.41, 5.74) is 0.745. The third kappa shape index (κ3) is 7.11. The molecule has 0 N–H and O–H groups in total. The molecule has 0 spiro atoms. The Morgan fingerprint density at radius 1 is 0.733 bits per heavy atom. The van der Waals surface area contributed by atoms with Crippen molar-refractivity contribution < 1.29 is 53.7 Å². The topological polar surface area (TPSA) is 27.7 Å². The molecule has 0 bridgehead atoms. The largest absolute Gasteiger partial charge is 0.429 e. The molecule has 12 heteroatoms. The number of ether oxygens (including phenoxy) is 3. The highest BCUT2D eigenvalue weighted by atomic mass is 19.3. The van der Waals surface area contributed by atoms with Crippen molar-refractivity contribution in [2.24, 2.45) is 5.92 Å². The van der Waals surface area contributed by atoms with Gasteiger partial charge in [0.05, 0.1) is 11.7 Å². The monoisotopic (exact) mass is 638 g/mol. The zero-order valence-electron chi connectivity index (χ0n) is 23.3. The van der Waals surface area contributed by atoms with Gasteiger partial charge in [-0.15, -0.1) is 0 Å². The molecule has 45 heavy (non-hydrogen) atoms. The molecule has 2 unspecified atom stereocenters. The Kier molecular flexibility index (Phi) is 9.15. The van der Waals surface area contributed by atoms with E-state index in [0.717, 1.165) is 30.0 Å². The van der Waals surface area contributed by atoms with Crippen molar-refractivity contribution in [2.75, 3.05) is 6.61 Å². The Bertz CT molecular complexity index is 1700. The van der Waals surface area contributed by atoms with Gasteiger partial charge in [0.15, 0.2) is 11.6 Å². The Morgan fingerprint density at radius 2 is 1.36 bits per heavy atom. The molecule has 4 aromatic rings. The molecule has 3 nitrogen and oxygen atoms in total. The van der Waals surface area contributed by atoms with Crippen LogP contribution in [0.1, 0.15) is 37.0 Å². The summed E-state index contributed by atoms with van der Waals surface area (Å²) in [6, 6.07) is 11.6. The van der Waals surface area contributed by atoms with Crippen LogP contribution in [0.3, 0.4) is 0 Å². The summed E-state index contributed by atoms with van der Waals surface area (Å²) >= 11 is 0. The lowest BCUT2D eigenvalue weighted by Gasteiger charge is -2.27. The molecular weight excluding hydrogens is 615 g/mol. The molecule has 5 rings (SSSR count). The summed E-state index contributed by atoms with van der Waals surface area (Å²) in [5, 5.41) is 0. The molecule has 0 aliphatic carbocycles. The van der Waals surface area contributed by atoms with Crippen molar-refractivity contribution in [3.8, 4) is 33.8 Å². The highest BCUT2D eigenvalue weighted by Gasteiger charge is 2.38. The summed E-state index contributed by atoms with van der Waals surface area (Å²) in [5.74, 6) is -8.29. The van der Waals surface area contributed by atoms with E-state index in [1.165, 1.54) is 12.1 Å². The Morgan fingerprint density at radius 3 is 1.93 bits per heavy atom. The Balaban J connectivity index is 1.32. The molecule has 236 valence electrons. The summed E-state index contributed by atoms with van der Waals surface area (Å²) < 4.78 is 139. The maximum atomic E-state index is 15.1. The molecule has 1 heterocycles. The van der Waals surface area contributed by atoms with Crippen molar-refractivity contribution in [1.29, 1.82) is 0 Å². The van der Waals surface area contributed by atoms with E-state index in [1.807, 2.05) is 24.3 Å². The number of rotatable bonds is 8. The maximum Gasteiger partial charge on any atom is 0.429 e. The normalized spacial score (nSPS) is 16.8. The number of benzene rings is 4. The minimum Gasteiger partial charge on any atom is -0.429 e. The molecule has 2 atom stereocenters. The van der Waals surface area contributed by atoms with Gasteiger partial charge in [-0.25, -0.2) is 17.6 Å². The highest BCUT2D eigenvalue weighted by Crippen LogP contribution is 2.38. The van der Waals surface area contributed by atoms with Crippen molar-refractivity contribution in [3.05, 3.63) is 119 Å². The molecule has 0 saturated carbocycles. The summed E-state index contributed by atoms with van der Waals surface area (Å²) in [6.07, 6.45) is -5.56. The molecule has 1 aliphatic rings. The first-order chi connectivity index (χ1) is 21.3. The van der Waals surface area contributed by atoms with E-state index in [0.29, 0.717) is 30.2 Å². The van der Waals surface area contributed by atoms with Gasteiger partial charge in [-0.05, 0) is 59.2 Å². The van der Waals surface area contributed by atoms with Gasteiger partial charge in [0, 0.05) is 24.3 Å². The van der Waals surface area contributed by atoms with Crippen molar-refractivity contribution in [2.45, 2.75) is 32.0 Å². The van der Waals surface area contributed by atoms with Crippen LogP contribution >= 0.6 is 0 Å². The van der Waals surface area contributed by atoms with Crippen molar-refractivity contribution in [3.63, 3.8) is 0 Å². The van der Waals surface area contributed by atoms with E-state index in [4.69, 9.17) is 4.74 Å². The van der Waals surface area contributed by atoms with Crippen LogP contribution in [0.4, 0.5) is 39.5 Å². The minimum atomic E-state index is -4.50. The zero-order chi connectivity index (χ0) is 32.5. The number of hydrogen-bond donors (Lipinski definition) is 0. The van der Waals surface area contributed by atoms with Crippen molar-refractivity contribution in [1.82, 2.24) is 0 Å². The average Bonchev–Trinajstić information content (AvgIpc) is 2.99. The third-order valence-corrected chi connectivity index (χ3v) is 7.24. The van der Waals surface area contributed by atoms with Gasteiger partial charge in [-0.3, -0.25) is 0 Å². The van der Waals surface area contributed by atoms with Crippen LogP contribution in [-0.2, 0) is 10.8 Å². The van der Waals surface area contributed by atoms with Crippen LogP contribution in [0.15, 0.2) is 84.9 Å². The van der Waals surface area contributed by atoms with E-state index >= 15 is 4.39 Å². The van der Waals surface area contributed by atoms with Gasteiger partial charge >= 0.3 is 18.2 Å². The molecule has 1 aliphatic heterocycles. The van der Waals surface area contributed by atoms with Crippen LogP contribution in [0.5, 0.6) is 11.5 Å². The van der Waals surface area contributed by atoms with Crippen LogP contribution in [0.2, 0.25) is 0 Å². The van der Waals surface area contributed by atoms with E-state index < -0.39 is 58.5 Å². The average molecular weight is 639 g/mol. The lowest BCUT2D eigenvalue weighted by atomic mass is 9.94. The van der Waals surface area contributed by atoms with Gasteiger partial charge in [-0.1, -0.05) is 49.4 Å². The molecule has 0 amide bonds.